The van der Waals surface area contributed by atoms with Crippen LogP contribution in [0.2, 0.25) is 6.32 Å². The molecule has 0 aromatic heterocycles. The number of allylic oxidation sites excluding steroid dienone is 1. The van der Waals surface area contributed by atoms with Crippen LogP contribution >= 0.6 is 0 Å². The summed E-state index contributed by atoms with van der Waals surface area (Å²) in [7, 11) is 1.01. The van der Waals surface area contributed by atoms with E-state index in [1.54, 1.807) is 7.11 Å². The Morgan fingerprint density at radius 3 is 2.86 bits per heavy atom. The Hall–Kier alpha value is -1.99. The number of fused-ring (bicyclic) bond motifs is 1. The van der Waals surface area contributed by atoms with Gasteiger partial charge in [0.2, 0.25) is 5.75 Å². The van der Waals surface area contributed by atoms with Gasteiger partial charge in [-0.15, -0.1) is 0 Å². The molecule has 0 amide bonds. The van der Waals surface area contributed by atoms with E-state index in [1.165, 1.54) is 12.8 Å². The third-order valence-electron chi connectivity index (χ3n) is 6.53. The molecular formula is C21H26BNO5. The smallest absolute Gasteiger partial charge is 0.454 e. The van der Waals surface area contributed by atoms with E-state index in [-0.39, 0.29) is 17.4 Å². The Labute approximate surface area is 165 Å². The molecule has 0 radical (unpaired) electrons. The molecular weight excluding hydrogens is 357 g/mol. The Bertz CT molecular complexity index is 817. The molecule has 1 spiro atoms. The summed E-state index contributed by atoms with van der Waals surface area (Å²) < 4.78 is 23.7. The van der Waals surface area contributed by atoms with Gasteiger partial charge in [0.25, 0.3) is 0 Å². The van der Waals surface area contributed by atoms with E-state index in [1.807, 2.05) is 24.5 Å². The van der Waals surface area contributed by atoms with E-state index >= 15 is 0 Å². The van der Waals surface area contributed by atoms with Crippen LogP contribution in [-0.4, -0.2) is 44.3 Å². The van der Waals surface area contributed by atoms with E-state index in [9.17, 15) is 5.02 Å². The van der Waals surface area contributed by atoms with Crippen molar-refractivity contribution in [2.45, 2.75) is 44.0 Å². The molecule has 3 aliphatic heterocycles. The maximum atomic E-state index is 9.70. The standard InChI is InChI=1S/C21H26BNO5/c1-25-18-5-4-17(19-20(18)28-21(13-26-19)6-2-3-7-21)15-8-14(10-23-11-15)16-9-22(24)27-12-16/h4-5,10-11,14,16,24H,2-3,6-9,12-13H2,1H3/t14?,16-/m0/s1. The number of aliphatic imine (C=N–C) groups is 1. The van der Waals surface area contributed by atoms with Crippen LogP contribution in [0.25, 0.3) is 5.57 Å². The molecule has 28 heavy (non-hydrogen) atoms. The summed E-state index contributed by atoms with van der Waals surface area (Å²) in [5.41, 5.74) is 1.93. The van der Waals surface area contributed by atoms with Crippen molar-refractivity contribution in [1.29, 1.82) is 0 Å². The third-order valence-corrected chi connectivity index (χ3v) is 6.53. The zero-order valence-corrected chi connectivity index (χ0v) is 16.2. The summed E-state index contributed by atoms with van der Waals surface area (Å²) in [6.07, 6.45) is 9.81. The number of hydrogen-bond acceptors (Lipinski definition) is 6. The van der Waals surface area contributed by atoms with Gasteiger partial charge in [0.15, 0.2) is 11.5 Å². The van der Waals surface area contributed by atoms with Crippen molar-refractivity contribution in [2.75, 3.05) is 20.3 Å². The van der Waals surface area contributed by atoms with Crippen molar-refractivity contribution in [3.63, 3.8) is 0 Å². The van der Waals surface area contributed by atoms with Gasteiger partial charge in [0.05, 0.1) is 7.11 Å². The predicted octanol–water partition coefficient (Wildman–Crippen LogP) is 3.34. The van der Waals surface area contributed by atoms with Gasteiger partial charge in [-0.1, -0.05) is 0 Å². The molecule has 3 heterocycles. The Balaban J connectivity index is 1.45. The molecule has 2 fully saturated rings. The fourth-order valence-electron chi connectivity index (χ4n) is 4.91. The second kappa shape index (κ2) is 7.12. The van der Waals surface area contributed by atoms with Gasteiger partial charge in [0, 0.05) is 30.5 Å². The van der Waals surface area contributed by atoms with Gasteiger partial charge in [-0.3, -0.25) is 4.99 Å². The van der Waals surface area contributed by atoms with Gasteiger partial charge in [0.1, 0.15) is 12.2 Å². The van der Waals surface area contributed by atoms with E-state index in [4.69, 9.17) is 18.9 Å². The average molecular weight is 383 g/mol. The second-order valence-corrected chi connectivity index (χ2v) is 8.36. The molecule has 0 bridgehead atoms. The van der Waals surface area contributed by atoms with Crippen LogP contribution in [0.1, 0.15) is 37.7 Å². The minimum atomic E-state index is -0.652. The van der Waals surface area contributed by atoms with Crippen LogP contribution < -0.4 is 14.2 Å². The molecule has 1 saturated carbocycles. The Morgan fingerprint density at radius 1 is 1.25 bits per heavy atom. The van der Waals surface area contributed by atoms with E-state index in [2.05, 4.69) is 4.99 Å². The molecule has 7 heteroatoms. The highest BCUT2D eigenvalue weighted by Gasteiger charge is 2.43. The van der Waals surface area contributed by atoms with Crippen molar-refractivity contribution in [3.8, 4) is 17.2 Å². The molecule has 1 N–H and O–H groups in total. The SMILES string of the molecule is COc1ccc(C2=CN=CC([C@@H]3COB(O)C3)C2)c2c1OC1(CCCC1)CO2. The quantitative estimate of drug-likeness (QED) is 0.811. The van der Waals surface area contributed by atoms with Gasteiger partial charge < -0.3 is 23.9 Å². The summed E-state index contributed by atoms with van der Waals surface area (Å²) in [5, 5.41) is 9.70. The van der Waals surface area contributed by atoms with Gasteiger partial charge in [-0.25, -0.2) is 0 Å². The summed E-state index contributed by atoms with van der Waals surface area (Å²) in [5.74, 6) is 2.74. The molecule has 1 saturated heterocycles. The summed E-state index contributed by atoms with van der Waals surface area (Å²) >= 11 is 0. The van der Waals surface area contributed by atoms with Crippen molar-refractivity contribution in [3.05, 3.63) is 23.9 Å². The van der Waals surface area contributed by atoms with Crippen molar-refractivity contribution < 1.29 is 23.9 Å². The molecule has 1 aromatic carbocycles. The van der Waals surface area contributed by atoms with Crippen LogP contribution in [0.4, 0.5) is 0 Å². The van der Waals surface area contributed by atoms with Crippen molar-refractivity contribution in [2.24, 2.45) is 16.8 Å². The minimum absolute atomic E-state index is 0.210. The maximum Gasteiger partial charge on any atom is 0.454 e. The van der Waals surface area contributed by atoms with Gasteiger partial charge >= 0.3 is 7.12 Å². The highest BCUT2D eigenvalue weighted by atomic mass is 16.6. The summed E-state index contributed by atoms with van der Waals surface area (Å²) in [6.45, 7) is 1.16. The number of methoxy groups -OCH3 is 1. The first-order valence-corrected chi connectivity index (χ1v) is 10.2. The lowest BCUT2D eigenvalue weighted by molar-refractivity contribution is -0.00553. The number of ether oxygens (including phenoxy) is 3. The highest BCUT2D eigenvalue weighted by Crippen LogP contribution is 2.51. The first-order valence-electron chi connectivity index (χ1n) is 10.2. The fourth-order valence-corrected chi connectivity index (χ4v) is 4.91. The minimum Gasteiger partial charge on any atom is -0.493 e. The monoisotopic (exact) mass is 383 g/mol. The Morgan fingerprint density at radius 2 is 2.11 bits per heavy atom. The highest BCUT2D eigenvalue weighted by molar-refractivity contribution is 6.43. The first-order chi connectivity index (χ1) is 13.7. The van der Waals surface area contributed by atoms with Gasteiger partial charge in [-0.05, 0) is 62.0 Å². The lowest BCUT2D eigenvalue weighted by Gasteiger charge is -2.37. The van der Waals surface area contributed by atoms with Gasteiger partial charge in [-0.2, -0.15) is 0 Å². The predicted molar refractivity (Wildman–Crippen MR) is 107 cm³/mol. The number of benzene rings is 1. The normalized spacial score (nSPS) is 27.9. The van der Waals surface area contributed by atoms with E-state index in [0.717, 1.165) is 41.9 Å². The lowest BCUT2D eigenvalue weighted by Crippen LogP contribution is -2.42. The van der Waals surface area contributed by atoms with Crippen molar-refractivity contribution in [1.82, 2.24) is 0 Å². The maximum absolute atomic E-state index is 9.70. The molecule has 148 valence electrons. The third kappa shape index (κ3) is 3.10. The zero-order valence-electron chi connectivity index (χ0n) is 16.2. The topological polar surface area (TPSA) is 69.5 Å². The summed E-state index contributed by atoms with van der Waals surface area (Å²) in [4.78, 5) is 4.50. The number of hydrogen-bond donors (Lipinski definition) is 1. The van der Waals surface area contributed by atoms with Crippen LogP contribution in [0, 0.1) is 11.8 Å². The molecule has 1 unspecified atom stereocenters. The Kier molecular flexibility index (Phi) is 4.59. The molecule has 2 atom stereocenters. The molecule has 6 nitrogen and oxygen atoms in total. The average Bonchev–Trinajstić information content (AvgIpc) is 3.36. The van der Waals surface area contributed by atoms with Crippen LogP contribution in [0.5, 0.6) is 17.2 Å². The second-order valence-electron chi connectivity index (χ2n) is 8.36. The summed E-state index contributed by atoms with van der Waals surface area (Å²) in [6, 6.07) is 4.00. The van der Waals surface area contributed by atoms with E-state index in [0.29, 0.717) is 25.3 Å². The molecule has 4 aliphatic rings. The van der Waals surface area contributed by atoms with E-state index < -0.39 is 7.12 Å². The molecule has 1 aromatic rings. The zero-order chi connectivity index (χ0) is 19.1. The van der Waals surface area contributed by atoms with Crippen LogP contribution in [0.15, 0.2) is 23.3 Å². The first kappa shape index (κ1) is 18.1. The number of rotatable bonds is 3. The number of nitrogens with zero attached hydrogens (tertiary/aromatic N) is 1. The lowest BCUT2D eigenvalue weighted by atomic mass is 9.75. The largest absolute Gasteiger partial charge is 0.493 e. The van der Waals surface area contributed by atoms with Crippen LogP contribution in [-0.2, 0) is 4.65 Å². The molecule has 1 aliphatic carbocycles. The fraction of sp³-hybridized carbons (Fsp3) is 0.571. The molecule has 5 rings (SSSR count). The van der Waals surface area contributed by atoms with Crippen molar-refractivity contribution >= 4 is 18.9 Å². The van der Waals surface area contributed by atoms with Crippen LogP contribution in [0.3, 0.4) is 0 Å².